The Bertz CT molecular complexity index is 850. The number of hydrogen-bond acceptors (Lipinski definition) is 4. The summed E-state index contributed by atoms with van der Waals surface area (Å²) in [5.41, 5.74) is 0.168. The lowest BCUT2D eigenvalue weighted by Crippen LogP contribution is -2.45. The van der Waals surface area contributed by atoms with Crippen molar-refractivity contribution in [2.24, 2.45) is 0 Å². The quantitative estimate of drug-likeness (QED) is 0.758. The number of hydrogen-bond donors (Lipinski definition) is 2. The van der Waals surface area contributed by atoms with Crippen molar-refractivity contribution in [2.45, 2.75) is 32.3 Å². The lowest BCUT2D eigenvalue weighted by molar-refractivity contribution is -0.129. The maximum Gasteiger partial charge on any atom is 0.268 e. The van der Waals surface area contributed by atoms with Crippen LogP contribution in [0.2, 0.25) is 0 Å². The summed E-state index contributed by atoms with van der Waals surface area (Å²) in [5.74, 6) is 0.393. The summed E-state index contributed by atoms with van der Waals surface area (Å²) in [6.45, 7) is 3.73. The highest BCUT2D eigenvalue weighted by Crippen LogP contribution is 2.35. The summed E-state index contributed by atoms with van der Waals surface area (Å²) >= 11 is 0. The van der Waals surface area contributed by atoms with E-state index in [1.54, 1.807) is 44.2 Å². The van der Waals surface area contributed by atoms with Gasteiger partial charge in [0, 0.05) is 12.1 Å². The number of nitrogens with one attached hydrogen (secondary N) is 2. The third kappa shape index (κ3) is 4.75. The van der Waals surface area contributed by atoms with Gasteiger partial charge in [0.05, 0.1) is 12.3 Å². The van der Waals surface area contributed by atoms with Gasteiger partial charge < -0.3 is 20.1 Å². The van der Waals surface area contributed by atoms with Crippen LogP contribution < -0.4 is 20.1 Å². The molecule has 2 aromatic rings. The standard InChI is InChI=1S/C20H21FN2O4/c1-20(2)19(25)23-16-12-14(7-10-17(16)27-20)22-18(24)4-3-11-26-15-8-5-13(21)6-9-15/h5-10,12H,3-4,11H2,1-2H3,(H,22,24)(H,23,25). The molecule has 142 valence electrons. The van der Waals surface area contributed by atoms with Crippen molar-refractivity contribution in [3.63, 3.8) is 0 Å². The Morgan fingerprint density at radius 1 is 1.22 bits per heavy atom. The predicted molar refractivity (Wildman–Crippen MR) is 99.5 cm³/mol. The number of benzene rings is 2. The van der Waals surface area contributed by atoms with Crippen molar-refractivity contribution in [1.29, 1.82) is 0 Å². The van der Waals surface area contributed by atoms with Crippen molar-refractivity contribution in [3.05, 3.63) is 48.3 Å². The first kappa shape index (κ1) is 18.7. The molecule has 2 amide bonds. The van der Waals surface area contributed by atoms with Crippen LogP contribution in [0, 0.1) is 5.82 Å². The monoisotopic (exact) mass is 372 g/mol. The van der Waals surface area contributed by atoms with Crippen LogP contribution in [0.4, 0.5) is 15.8 Å². The number of amides is 2. The van der Waals surface area contributed by atoms with Gasteiger partial charge in [0.1, 0.15) is 17.3 Å². The van der Waals surface area contributed by atoms with Gasteiger partial charge in [0.15, 0.2) is 5.60 Å². The molecule has 0 aliphatic carbocycles. The smallest absolute Gasteiger partial charge is 0.268 e. The highest BCUT2D eigenvalue weighted by atomic mass is 19.1. The summed E-state index contributed by atoms with van der Waals surface area (Å²) in [5, 5.41) is 5.56. The summed E-state index contributed by atoms with van der Waals surface area (Å²) in [6, 6.07) is 10.8. The molecule has 7 heteroatoms. The first-order chi connectivity index (χ1) is 12.8. The summed E-state index contributed by atoms with van der Waals surface area (Å²) in [7, 11) is 0. The van der Waals surface area contributed by atoms with Crippen molar-refractivity contribution >= 4 is 23.2 Å². The molecule has 1 aliphatic rings. The van der Waals surface area contributed by atoms with E-state index in [0.29, 0.717) is 35.9 Å². The molecular weight excluding hydrogens is 351 g/mol. The lowest BCUT2D eigenvalue weighted by atomic mass is 10.1. The van der Waals surface area contributed by atoms with E-state index in [4.69, 9.17) is 9.47 Å². The molecule has 0 unspecified atom stereocenters. The van der Waals surface area contributed by atoms with Crippen LogP contribution in [0.5, 0.6) is 11.5 Å². The fraction of sp³-hybridized carbons (Fsp3) is 0.300. The minimum Gasteiger partial charge on any atom is -0.494 e. The van der Waals surface area contributed by atoms with Crippen molar-refractivity contribution in [2.75, 3.05) is 17.2 Å². The second-order valence-electron chi connectivity index (χ2n) is 6.73. The lowest BCUT2D eigenvalue weighted by Gasteiger charge is -2.31. The number of anilines is 2. The Labute approximate surface area is 156 Å². The average Bonchev–Trinajstić information content (AvgIpc) is 2.61. The molecule has 27 heavy (non-hydrogen) atoms. The molecule has 0 saturated heterocycles. The zero-order chi connectivity index (χ0) is 19.4. The Morgan fingerprint density at radius 3 is 2.70 bits per heavy atom. The van der Waals surface area contributed by atoms with Gasteiger partial charge in [0.25, 0.3) is 5.91 Å². The summed E-state index contributed by atoms with van der Waals surface area (Å²) in [4.78, 5) is 24.0. The molecule has 2 aromatic carbocycles. The molecule has 1 aliphatic heterocycles. The zero-order valence-corrected chi connectivity index (χ0v) is 15.2. The van der Waals surface area contributed by atoms with Gasteiger partial charge in [-0.3, -0.25) is 9.59 Å². The average molecular weight is 372 g/mol. The minimum atomic E-state index is -0.928. The maximum absolute atomic E-state index is 12.8. The van der Waals surface area contributed by atoms with Crippen LogP contribution in [0.1, 0.15) is 26.7 Å². The van der Waals surface area contributed by atoms with Gasteiger partial charge in [-0.25, -0.2) is 4.39 Å². The van der Waals surface area contributed by atoms with Crippen LogP contribution in [-0.2, 0) is 9.59 Å². The number of fused-ring (bicyclic) bond motifs is 1. The van der Waals surface area contributed by atoms with E-state index in [1.165, 1.54) is 12.1 Å². The van der Waals surface area contributed by atoms with Gasteiger partial charge in [-0.1, -0.05) is 0 Å². The second-order valence-corrected chi connectivity index (χ2v) is 6.73. The van der Waals surface area contributed by atoms with Gasteiger partial charge in [-0.05, 0) is 62.7 Å². The van der Waals surface area contributed by atoms with Gasteiger partial charge in [-0.2, -0.15) is 0 Å². The first-order valence-corrected chi connectivity index (χ1v) is 8.66. The molecule has 0 saturated carbocycles. The van der Waals surface area contributed by atoms with Crippen molar-refractivity contribution in [3.8, 4) is 11.5 Å². The second kappa shape index (κ2) is 7.65. The van der Waals surface area contributed by atoms with Crippen LogP contribution in [-0.4, -0.2) is 24.0 Å². The molecule has 2 N–H and O–H groups in total. The molecule has 0 spiro atoms. The van der Waals surface area contributed by atoms with E-state index in [0.717, 1.165) is 0 Å². The Morgan fingerprint density at radius 2 is 1.96 bits per heavy atom. The van der Waals surface area contributed by atoms with E-state index in [1.807, 2.05) is 0 Å². The van der Waals surface area contributed by atoms with Crippen molar-refractivity contribution in [1.82, 2.24) is 0 Å². The minimum absolute atomic E-state index is 0.166. The fourth-order valence-electron chi connectivity index (χ4n) is 2.57. The topological polar surface area (TPSA) is 76.7 Å². The van der Waals surface area contributed by atoms with Crippen LogP contribution >= 0.6 is 0 Å². The third-order valence-corrected chi connectivity index (χ3v) is 4.05. The SMILES string of the molecule is CC1(C)Oc2ccc(NC(=O)CCCOc3ccc(F)cc3)cc2NC1=O. The van der Waals surface area contributed by atoms with Crippen LogP contribution in [0.25, 0.3) is 0 Å². The molecule has 1 heterocycles. The highest BCUT2D eigenvalue weighted by Gasteiger charge is 2.35. The number of carbonyl (C=O) groups is 2. The predicted octanol–water partition coefficient (Wildman–Crippen LogP) is 3.73. The molecule has 6 nitrogen and oxygen atoms in total. The molecular formula is C20H21FN2O4. The normalized spacial score (nSPS) is 14.6. The Balaban J connectivity index is 1.48. The van der Waals surface area contributed by atoms with Gasteiger partial charge >= 0.3 is 0 Å². The van der Waals surface area contributed by atoms with E-state index in [-0.39, 0.29) is 24.1 Å². The number of rotatable bonds is 6. The summed E-state index contributed by atoms with van der Waals surface area (Å²) < 4.78 is 23.9. The zero-order valence-electron chi connectivity index (χ0n) is 15.2. The summed E-state index contributed by atoms with van der Waals surface area (Å²) in [6.07, 6.45) is 0.788. The van der Waals surface area contributed by atoms with E-state index in [9.17, 15) is 14.0 Å². The Hall–Kier alpha value is -3.09. The van der Waals surface area contributed by atoms with E-state index in [2.05, 4.69) is 10.6 Å². The molecule has 0 atom stereocenters. The first-order valence-electron chi connectivity index (χ1n) is 8.66. The third-order valence-electron chi connectivity index (χ3n) is 4.05. The van der Waals surface area contributed by atoms with E-state index >= 15 is 0 Å². The molecule has 0 radical (unpaired) electrons. The van der Waals surface area contributed by atoms with Crippen molar-refractivity contribution < 1.29 is 23.5 Å². The maximum atomic E-state index is 12.8. The number of ether oxygens (including phenoxy) is 2. The largest absolute Gasteiger partial charge is 0.494 e. The number of halogens is 1. The molecule has 0 aromatic heterocycles. The van der Waals surface area contributed by atoms with Gasteiger partial charge in [-0.15, -0.1) is 0 Å². The Kier molecular flexibility index (Phi) is 5.30. The molecule has 3 rings (SSSR count). The van der Waals surface area contributed by atoms with E-state index < -0.39 is 5.60 Å². The van der Waals surface area contributed by atoms with Crippen LogP contribution in [0.3, 0.4) is 0 Å². The molecule has 0 bridgehead atoms. The highest BCUT2D eigenvalue weighted by molar-refractivity contribution is 6.01. The molecule has 0 fully saturated rings. The fourth-order valence-corrected chi connectivity index (χ4v) is 2.57. The van der Waals surface area contributed by atoms with Crippen LogP contribution in [0.15, 0.2) is 42.5 Å². The van der Waals surface area contributed by atoms with Gasteiger partial charge in [0.2, 0.25) is 5.91 Å². The number of carbonyl (C=O) groups excluding carboxylic acids is 2.